The molecule has 0 aliphatic carbocycles. The van der Waals surface area contributed by atoms with Crippen molar-refractivity contribution in [2.24, 2.45) is 0 Å². The van der Waals surface area contributed by atoms with Crippen LogP contribution in [0.4, 0.5) is 10.3 Å². The van der Waals surface area contributed by atoms with Gasteiger partial charge in [-0.3, -0.25) is 0 Å². The normalized spacial score (nSPS) is 10.5. The first-order valence-electron chi connectivity index (χ1n) is 4.93. The Balaban J connectivity index is 2.22. The summed E-state index contributed by atoms with van der Waals surface area (Å²) in [6, 6.07) is 0. The number of nitrogens with zero attached hydrogens (tertiary/aromatic N) is 4. The summed E-state index contributed by atoms with van der Waals surface area (Å²) in [6.07, 6.45) is 1.11. The van der Waals surface area contributed by atoms with E-state index in [1.807, 2.05) is 6.92 Å². The lowest BCUT2D eigenvalue weighted by molar-refractivity contribution is 0.428. The van der Waals surface area contributed by atoms with Crippen LogP contribution in [0.3, 0.4) is 0 Å². The fraction of sp³-hybridized carbons (Fsp3) is 0.333. The van der Waals surface area contributed by atoms with Gasteiger partial charge in [0.1, 0.15) is 5.03 Å². The Bertz CT molecular complexity index is 518. The number of nitrogens with one attached hydrogen (secondary N) is 1. The monoisotopic (exact) mass is 255 g/mol. The Morgan fingerprint density at radius 2 is 2.29 bits per heavy atom. The number of aromatic nitrogens is 4. The Labute approximate surface area is 101 Å². The standard InChI is InChI=1S/C9H10FN5OS/c1-3-11-8-12-4-6(10)7(13-8)17-9-15-14-5(2)16-9/h4H,3H2,1-2H3,(H,11,12,13). The predicted octanol–water partition coefficient (Wildman–Crippen LogP) is 1.89. The van der Waals surface area contributed by atoms with Gasteiger partial charge in [-0.25, -0.2) is 14.4 Å². The van der Waals surface area contributed by atoms with Crippen LogP contribution in [-0.2, 0) is 0 Å². The number of aryl methyl sites for hydroxylation is 1. The van der Waals surface area contributed by atoms with Crippen molar-refractivity contribution in [1.82, 2.24) is 20.2 Å². The van der Waals surface area contributed by atoms with Gasteiger partial charge in [0.25, 0.3) is 5.22 Å². The first kappa shape index (κ1) is 11.8. The molecule has 2 aromatic heterocycles. The maximum atomic E-state index is 13.4. The fourth-order valence-corrected chi connectivity index (χ4v) is 1.76. The maximum absolute atomic E-state index is 13.4. The van der Waals surface area contributed by atoms with E-state index in [1.165, 1.54) is 0 Å². The van der Waals surface area contributed by atoms with Gasteiger partial charge in [0.2, 0.25) is 11.8 Å². The summed E-state index contributed by atoms with van der Waals surface area (Å²) in [6.45, 7) is 4.23. The SMILES string of the molecule is CCNc1ncc(F)c(Sc2nnc(C)o2)n1. The van der Waals surface area contributed by atoms with E-state index in [2.05, 4.69) is 25.5 Å². The highest BCUT2D eigenvalue weighted by Crippen LogP contribution is 2.27. The molecule has 0 unspecified atom stereocenters. The van der Waals surface area contributed by atoms with E-state index in [1.54, 1.807) is 6.92 Å². The van der Waals surface area contributed by atoms with Crippen molar-refractivity contribution in [3.63, 3.8) is 0 Å². The highest BCUT2D eigenvalue weighted by atomic mass is 32.2. The van der Waals surface area contributed by atoms with E-state index in [0.29, 0.717) is 18.4 Å². The van der Waals surface area contributed by atoms with E-state index in [0.717, 1.165) is 18.0 Å². The van der Waals surface area contributed by atoms with Crippen LogP contribution < -0.4 is 5.32 Å². The molecule has 0 spiro atoms. The third-order valence-corrected chi connectivity index (χ3v) is 2.56. The van der Waals surface area contributed by atoms with Crippen LogP contribution in [0.5, 0.6) is 0 Å². The highest BCUT2D eigenvalue weighted by molar-refractivity contribution is 7.99. The quantitative estimate of drug-likeness (QED) is 0.836. The summed E-state index contributed by atoms with van der Waals surface area (Å²) in [5.41, 5.74) is 0. The summed E-state index contributed by atoms with van der Waals surface area (Å²) in [7, 11) is 0. The van der Waals surface area contributed by atoms with Gasteiger partial charge in [0.05, 0.1) is 6.20 Å². The summed E-state index contributed by atoms with van der Waals surface area (Å²) in [5, 5.41) is 10.7. The van der Waals surface area contributed by atoms with Crippen molar-refractivity contribution in [2.75, 3.05) is 11.9 Å². The zero-order chi connectivity index (χ0) is 12.3. The van der Waals surface area contributed by atoms with Gasteiger partial charge in [0, 0.05) is 13.5 Å². The van der Waals surface area contributed by atoms with Crippen molar-refractivity contribution >= 4 is 17.7 Å². The van der Waals surface area contributed by atoms with Gasteiger partial charge in [0.15, 0.2) is 5.82 Å². The maximum Gasteiger partial charge on any atom is 0.283 e. The first-order valence-corrected chi connectivity index (χ1v) is 5.75. The summed E-state index contributed by atoms with van der Waals surface area (Å²) >= 11 is 0.969. The molecular weight excluding hydrogens is 245 g/mol. The Hall–Kier alpha value is -1.70. The van der Waals surface area contributed by atoms with Gasteiger partial charge in [-0.15, -0.1) is 10.2 Å². The van der Waals surface area contributed by atoms with Crippen molar-refractivity contribution in [3.05, 3.63) is 17.9 Å². The third kappa shape index (κ3) is 2.90. The zero-order valence-corrected chi connectivity index (χ0v) is 10.1. The summed E-state index contributed by atoms with van der Waals surface area (Å²) < 4.78 is 18.6. The minimum absolute atomic E-state index is 0.152. The molecule has 0 bridgehead atoms. The lowest BCUT2D eigenvalue weighted by atomic mass is 10.6. The number of halogens is 1. The van der Waals surface area contributed by atoms with E-state index >= 15 is 0 Å². The average Bonchev–Trinajstić information content (AvgIpc) is 2.69. The number of hydrogen-bond acceptors (Lipinski definition) is 7. The lowest BCUT2D eigenvalue weighted by Gasteiger charge is -2.03. The Morgan fingerprint density at radius 1 is 1.47 bits per heavy atom. The second kappa shape index (κ2) is 5.09. The van der Waals surface area contributed by atoms with Crippen LogP contribution in [-0.4, -0.2) is 26.7 Å². The molecule has 0 aliphatic heterocycles. The third-order valence-electron chi connectivity index (χ3n) is 1.74. The molecule has 2 heterocycles. The molecule has 1 N–H and O–H groups in total. The predicted molar refractivity (Wildman–Crippen MR) is 59.3 cm³/mol. The van der Waals surface area contributed by atoms with E-state index < -0.39 is 5.82 Å². The molecule has 2 rings (SSSR count). The number of anilines is 1. The van der Waals surface area contributed by atoms with Crippen LogP contribution in [0.25, 0.3) is 0 Å². The molecule has 0 fully saturated rings. The fourth-order valence-electron chi connectivity index (χ4n) is 1.07. The van der Waals surface area contributed by atoms with Crippen molar-refractivity contribution in [2.45, 2.75) is 24.1 Å². The molecule has 2 aromatic rings. The molecular formula is C9H10FN5OS. The molecule has 6 nitrogen and oxygen atoms in total. The molecule has 0 aliphatic rings. The van der Waals surface area contributed by atoms with Crippen LogP contribution in [0.15, 0.2) is 20.9 Å². The van der Waals surface area contributed by atoms with E-state index in [-0.39, 0.29) is 10.2 Å². The number of rotatable bonds is 4. The van der Waals surface area contributed by atoms with Gasteiger partial charge >= 0.3 is 0 Å². The molecule has 0 saturated heterocycles. The largest absolute Gasteiger partial charge is 0.416 e. The Morgan fingerprint density at radius 3 is 2.94 bits per heavy atom. The molecule has 90 valence electrons. The van der Waals surface area contributed by atoms with Crippen LogP contribution in [0, 0.1) is 12.7 Å². The van der Waals surface area contributed by atoms with Crippen molar-refractivity contribution in [1.29, 1.82) is 0 Å². The van der Waals surface area contributed by atoms with Gasteiger partial charge in [-0.2, -0.15) is 0 Å². The molecule has 0 radical (unpaired) electrons. The van der Waals surface area contributed by atoms with Gasteiger partial charge < -0.3 is 9.73 Å². The number of hydrogen-bond donors (Lipinski definition) is 1. The second-order valence-corrected chi connectivity index (χ2v) is 4.01. The van der Waals surface area contributed by atoms with Crippen LogP contribution in [0.2, 0.25) is 0 Å². The minimum atomic E-state index is -0.521. The van der Waals surface area contributed by atoms with Crippen LogP contribution >= 0.6 is 11.8 Å². The molecule has 0 saturated carbocycles. The highest BCUT2D eigenvalue weighted by Gasteiger charge is 2.12. The zero-order valence-electron chi connectivity index (χ0n) is 9.27. The van der Waals surface area contributed by atoms with Crippen molar-refractivity contribution in [3.8, 4) is 0 Å². The minimum Gasteiger partial charge on any atom is -0.416 e. The Kier molecular flexibility index (Phi) is 3.52. The second-order valence-electron chi connectivity index (χ2n) is 3.07. The van der Waals surface area contributed by atoms with Gasteiger partial charge in [-0.1, -0.05) is 0 Å². The molecule has 8 heteroatoms. The smallest absolute Gasteiger partial charge is 0.283 e. The molecule has 0 amide bonds. The molecule has 0 atom stereocenters. The summed E-state index contributed by atoms with van der Waals surface area (Å²) in [5.74, 6) is 0.272. The average molecular weight is 255 g/mol. The van der Waals surface area contributed by atoms with E-state index in [9.17, 15) is 4.39 Å². The molecule has 0 aromatic carbocycles. The summed E-state index contributed by atoms with van der Waals surface area (Å²) in [4.78, 5) is 7.80. The lowest BCUT2D eigenvalue weighted by Crippen LogP contribution is -2.03. The molecule has 17 heavy (non-hydrogen) atoms. The van der Waals surface area contributed by atoms with E-state index in [4.69, 9.17) is 4.42 Å². The van der Waals surface area contributed by atoms with Crippen molar-refractivity contribution < 1.29 is 8.81 Å². The van der Waals surface area contributed by atoms with Gasteiger partial charge in [-0.05, 0) is 18.7 Å². The van der Waals surface area contributed by atoms with Crippen LogP contribution in [0.1, 0.15) is 12.8 Å². The topological polar surface area (TPSA) is 76.7 Å². The first-order chi connectivity index (χ1) is 8.19.